The van der Waals surface area contributed by atoms with E-state index in [2.05, 4.69) is 22.1 Å². The minimum Gasteiger partial charge on any atom is -0.481 e. The summed E-state index contributed by atoms with van der Waals surface area (Å²) < 4.78 is 1.75. The molecular weight excluding hydrogens is 330 g/mol. The van der Waals surface area contributed by atoms with Gasteiger partial charge < -0.3 is 10.2 Å². The van der Waals surface area contributed by atoms with Gasteiger partial charge in [-0.3, -0.25) is 14.4 Å². The maximum atomic E-state index is 12.1. The standard InChI is InChI=1S/C20H27N3O3/c1-22-13-17(12-21-22)14-23-11-9-18(24)20(15-23,19(25)26)10-5-8-16-6-3-2-4-7-16/h2-4,6-7,12-13,18,24H,5,8-11,14-15H2,1H3,(H,25,26)/t18-,20-/m1/s1. The molecule has 0 aliphatic carbocycles. The highest BCUT2D eigenvalue weighted by Crippen LogP contribution is 2.36. The van der Waals surface area contributed by atoms with Gasteiger partial charge >= 0.3 is 5.97 Å². The Balaban J connectivity index is 1.67. The van der Waals surface area contributed by atoms with Crippen molar-refractivity contribution in [3.8, 4) is 0 Å². The lowest BCUT2D eigenvalue weighted by atomic mass is 9.73. The first-order valence-corrected chi connectivity index (χ1v) is 9.15. The van der Waals surface area contributed by atoms with Crippen LogP contribution in [0.3, 0.4) is 0 Å². The second-order valence-corrected chi connectivity index (χ2v) is 7.34. The Kier molecular flexibility index (Phi) is 5.74. The molecule has 2 heterocycles. The fraction of sp³-hybridized carbons (Fsp3) is 0.500. The predicted octanol–water partition coefficient (Wildman–Crippen LogP) is 2.08. The molecule has 1 saturated heterocycles. The number of hydrogen-bond donors (Lipinski definition) is 2. The maximum Gasteiger partial charge on any atom is 0.313 e. The van der Waals surface area contributed by atoms with Gasteiger partial charge in [-0.2, -0.15) is 5.10 Å². The van der Waals surface area contributed by atoms with Gasteiger partial charge in [0.2, 0.25) is 0 Å². The number of carboxylic acids is 1. The molecular formula is C20H27N3O3. The topological polar surface area (TPSA) is 78.6 Å². The monoisotopic (exact) mass is 357 g/mol. The third-order valence-electron chi connectivity index (χ3n) is 5.38. The molecule has 1 aromatic carbocycles. The van der Waals surface area contributed by atoms with E-state index in [1.807, 2.05) is 37.6 Å². The van der Waals surface area contributed by atoms with E-state index >= 15 is 0 Å². The van der Waals surface area contributed by atoms with Gasteiger partial charge in [-0.15, -0.1) is 0 Å². The molecule has 26 heavy (non-hydrogen) atoms. The number of aryl methyl sites for hydroxylation is 2. The number of carboxylic acid groups (broad SMARTS) is 1. The van der Waals surface area contributed by atoms with Crippen LogP contribution < -0.4 is 0 Å². The zero-order valence-electron chi connectivity index (χ0n) is 15.2. The van der Waals surface area contributed by atoms with Crippen LogP contribution in [0.5, 0.6) is 0 Å². The lowest BCUT2D eigenvalue weighted by Gasteiger charge is -2.43. The second-order valence-electron chi connectivity index (χ2n) is 7.34. The van der Waals surface area contributed by atoms with E-state index < -0.39 is 17.5 Å². The predicted molar refractivity (Wildman–Crippen MR) is 98.6 cm³/mol. The van der Waals surface area contributed by atoms with Crippen LogP contribution in [0.15, 0.2) is 42.7 Å². The first kappa shape index (κ1) is 18.6. The lowest BCUT2D eigenvalue weighted by molar-refractivity contribution is -0.164. The summed E-state index contributed by atoms with van der Waals surface area (Å²) in [5.41, 5.74) is 1.16. The molecule has 6 nitrogen and oxygen atoms in total. The van der Waals surface area contributed by atoms with Crippen LogP contribution >= 0.6 is 0 Å². The van der Waals surface area contributed by atoms with E-state index in [0.29, 0.717) is 32.5 Å². The van der Waals surface area contributed by atoms with Crippen LogP contribution in [0.25, 0.3) is 0 Å². The van der Waals surface area contributed by atoms with Gasteiger partial charge in [-0.1, -0.05) is 30.3 Å². The van der Waals surface area contributed by atoms with Crippen molar-refractivity contribution in [3.05, 3.63) is 53.9 Å². The van der Waals surface area contributed by atoms with Gasteiger partial charge in [-0.25, -0.2) is 0 Å². The molecule has 1 aromatic heterocycles. The summed E-state index contributed by atoms with van der Waals surface area (Å²) >= 11 is 0. The number of carbonyl (C=O) groups is 1. The zero-order chi connectivity index (χ0) is 18.6. The van der Waals surface area contributed by atoms with Crippen molar-refractivity contribution in [2.24, 2.45) is 12.5 Å². The van der Waals surface area contributed by atoms with E-state index in [0.717, 1.165) is 18.4 Å². The zero-order valence-corrected chi connectivity index (χ0v) is 15.2. The SMILES string of the molecule is Cn1cc(CN2CC[C@@H](O)[C@](CCCc3ccccc3)(C(=O)O)C2)cn1. The molecule has 0 unspecified atom stereocenters. The molecule has 2 aromatic rings. The van der Waals surface area contributed by atoms with Crippen molar-refractivity contribution in [2.75, 3.05) is 13.1 Å². The van der Waals surface area contributed by atoms with Crippen molar-refractivity contribution in [1.82, 2.24) is 14.7 Å². The van der Waals surface area contributed by atoms with E-state index in [-0.39, 0.29) is 0 Å². The normalized spacial score (nSPS) is 23.8. The average Bonchev–Trinajstić information content (AvgIpc) is 3.03. The van der Waals surface area contributed by atoms with E-state index in [1.54, 1.807) is 4.68 Å². The van der Waals surface area contributed by atoms with Gasteiger partial charge in [-0.05, 0) is 31.2 Å². The van der Waals surface area contributed by atoms with Crippen molar-refractivity contribution in [2.45, 2.75) is 38.3 Å². The third kappa shape index (κ3) is 4.14. The number of likely N-dealkylation sites (tertiary alicyclic amines) is 1. The molecule has 1 aliphatic heterocycles. The first-order valence-electron chi connectivity index (χ1n) is 9.15. The number of piperidine rings is 1. The Morgan fingerprint density at radius 1 is 1.31 bits per heavy atom. The van der Waals surface area contributed by atoms with E-state index in [9.17, 15) is 15.0 Å². The van der Waals surface area contributed by atoms with Crippen molar-refractivity contribution < 1.29 is 15.0 Å². The summed E-state index contributed by atoms with van der Waals surface area (Å²) in [6, 6.07) is 10.1. The number of aliphatic carboxylic acids is 1. The van der Waals surface area contributed by atoms with E-state index in [4.69, 9.17) is 0 Å². The fourth-order valence-corrected chi connectivity index (χ4v) is 3.93. The molecule has 6 heteroatoms. The van der Waals surface area contributed by atoms with Gasteiger partial charge in [0, 0.05) is 38.4 Å². The third-order valence-corrected chi connectivity index (χ3v) is 5.38. The largest absolute Gasteiger partial charge is 0.481 e. The Hall–Kier alpha value is -2.18. The number of rotatable bonds is 7. The van der Waals surface area contributed by atoms with Crippen LogP contribution in [0.4, 0.5) is 0 Å². The molecule has 1 aliphatic rings. The molecule has 2 atom stereocenters. The summed E-state index contributed by atoms with van der Waals surface area (Å²) in [5, 5.41) is 24.7. The molecule has 140 valence electrons. The molecule has 3 rings (SSSR count). The highest BCUT2D eigenvalue weighted by Gasteiger charge is 2.48. The number of benzene rings is 1. The molecule has 0 radical (unpaired) electrons. The van der Waals surface area contributed by atoms with Gasteiger partial charge in [0.15, 0.2) is 0 Å². The Bertz CT molecular complexity index is 731. The van der Waals surface area contributed by atoms with Crippen molar-refractivity contribution >= 4 is 5.97 Å². The summed E-state index contributed by atoms with van der Waals surface area (Å²) in [4.78, 5) is 14.3. The maximum absolute atomic E-state index is 12.1. The number of hydrogen-bond acceptors (Lipinski definition) is 4. The number of aromatic nitrogens is 2. The van der Waals surface area contributed by atoms with Crippen LogP contribution in [-0.4, -0.2) is 50.1 Å². The van der Waals surface area contributed by atoms with Crippen LogP contribution in [0, 0.1) is 5.41 Å². The Morgan fingerprint density at radius 2 is 2.08 bits per heavy atom. The first-order chi connectivity index (χ1) is 12.5. The fourth-order valence-electron chi connectivity index (χ4n) is 3.93. The Labute approximate surface area is 154 Å². The smallest absolute Gasteiger partial charge is 0.313 e. The van der Waals surface area contributed by atoms with Crippen molar-refractivity contribution in [3.63, 3.8) is 0 Å². The molecule has 0 saturated carbocycles. The molecule has 2 N–H and O–H groups in total. The van der Waals surface area contributed by atoms with Gasteiger partial charge in [0.05, 0.1) is 12.3 Å². The van der Waals surface area contributed by atoms with Gasteiger partial charge in [0.25, 0.3) is 0 Å². The minimum absolute atomic E-state index is 0.368. The molecule has 1 fully saturated rings. The van der Waals surface area contributed by atoms with Crippen LogP contribution in [-0.2, 0) is 24.8 Å². The van der Waals surface area contributed by atoms with Crippen LogP contribution in [0.2, 0.25) is 0 Å². The average molecular weight is 357 g/mol. The summed E-state index contributed by atoms with van der Waals surface area (Å²) in [6.45, 7) is 1.73. The minimum atomic E-state index is -1.10. The molecule has 0 spiro atoms. The summed E-state index contributed by atoms with van der Waals surface area (Å²) in [5.74, 6) is -0.894. The number of nitrogens with zero attached hydrogens (tertiary/aromatic N) is 3. The molecule has 0 bridgehead atoms. The van der Waals surface area contributed by atoms with E-state index in [1.165, 1.54) is 5.56 Å². The van der Waals surface area contributed by atoms with Crippen molar-refractivity contribution in [1.29, 1.82) is 0 Å². The van der Waals surface area contributed by atoms with Gasteiger partial charge in [0.1, 0.15) is 5.41 Å². The lowest BCUT2D eigenvalue weighted by Crippen LogP contribution is -2.55. The number of aliphatic hydroxyl groups is 1. The Morgan fingerprint density at radius 3 is 2.73 bits per heavy atom. The number of aliphatic hydroxyl groups excluding tert-OH is 1. The second kappa shape index (κ2) is 8.01. The summed E-state index contributed by atoms with van der Waals surface area (Å²) in [6.07, 6.45) is 5.48. The molecule has 0 amide bonds. The highest BCUT2D eigenvalue weighted by molar-refractivity contribution is 5.76. The van der Waals surface area contributed by atoms with Crippen LogP contribution in [0.1, 0.15) is 30.4 Å². The summed E-state index contributed by atoms with van der Waals surface area (Å²) in [7, 11) is 1.87. The quantitative estimate of drug-likeness (QED) is 0.793. The highest BCUT2D eigenvalue weighted by atomic mass is 16.4.